The highest BCUT2D eigenvalue weighted by Crippen LogP contribution is 2.23. The molecule has 1 heterocycles. The number of hydrogen-bond donors (Lipinski definition) is 2. The number of benzene rings is 1. The average molecular weight is 472 g/mol. The minimum atomic E-state index is 0. The van der Waals surface area contributed by atoms with E-state index in [2.05, 4.69) is 73.6 Å². The van der Waals surface area contributed by atoms with Crippen LogP contribution in [0.2, 0.25) is 0 Å². The van der Waals surface area contributed by atoms with Crippen LogP contribution in [0.5, 0.6) is 0 Å². The summed E-state index contributed by atoms with van der Waals surface area (Å²) in [6.45, 7) is 15.2. The Morgan fingerprint density at radius 3 is 2.58 bits per heavy atom. The van der Waals surface area contributed by atoms with Crippen molar-refractivity contribution in [2.75, 3.05) is 39.3 Å². The van der Waals surface area contributed by atoms with E-state index in [1.54, 1.807) is 0 Å². The molecular weight excluding hydrogens is 435 g/mol. The van der Waals surface area contributed by atoms with Gasteiger partial charge in [-0.3, -0.25) is 4.99 Å². The SMILES string of the molecule is CCNC(=NCC(C)(C)c1ccccc1)NCC1CCCN(CC)C1.I. The Morgan fingerprint density at radius 1 is 1.19 bits per heavy atom. The summed E-state index contributed by atoms with van der Waals surface area (Å²) in [5, 5.41) is 6.97. The number of rotatable bonds is 7. The molecule has 148 valence electrons. The van der Waals surface area contributed by atoms with E-state index in [9.17, 15) is 0 Å². The van der Waals surface area contributed by atoms with Crippen molar-refractivity contribution in [1.29, 1.82) is 0 Å². The van der Waals surface area contributed by atoms with Crippen LogP contribution in [-0.2, 0) is 5.41 Å². The molecule has 1 aromatic rings. The monoisotopic (exact) mass is 472 g/mol. The van der Waals surface area contributed by atoms with Gasteiger partial charge in [-0.15, -0.1) is 24.0 Å². The van der Waals surface area contributed by atoms with Gasteiger partial charge in [-0.05, 0) is 44.3 Å². The molecule has 0 saturated carbocycles. The second-order valence-electron chi connectivity index (χ2n) is 7.73. The van der Waals surface area contributed by atoms with Crippen molar-refractivity contribution in [2.24, 2.45) is 10.9 Å². The highest BCUT2D eigenvalue weighted by molar-refractivity contribution is 14.0. The molecule has 1 aliphatic rings. The van der Waals surface area contributed by atoms with Crippen molar-refractivity contribution in [3.05, 3.63) is 35.9 Å². The van der Waals surface area contributed by atoms with Crippen LogP contribution in [0.3, 0.4) is 0 Å². The topological polar surface area (TPSA) is 39.7 Å². The van der Waals surface area contributed by atoms with E-state index in [1.807, 2.05) is 0 Å². The van der Waals surface area contributed by atoms with Gasteiger partial charge in [0.2, 0.25) is 0 Å². The first-order valence-electron chi connectivity index (χ1n) is 9.85. The van der Waals surface area contributed by atoms with Gasteiger partial charge in [0.25, 0.3) is 0 Å². The smallest absolute Gasteiger partial charge is 0.191 e. The van der Waals surface area contributed by atoms with Gasteiger partial charge in [0.1, 0.15) is 0 Å². The summed E-state index contributed by atoms with van der Waals surface area (Å²) in [6, 6.07) is 10.7. The van der Waals surface area contributed by atoms with Gasteiger partial charge in [-0.1, -0.05) is 51.1 Å². The minimum absolute atomic E-state index is 0. The molecular formula is C21H37IN4. The predicted octanol–water partition coefficient (Wildman–Crippen LogP) is 3.87. The first kappa shape index (κ1) is 23.2. The van der Waals surface area contributed by atoms with E-state index in [0.717, 1.165) is 38.1 Å². The number of guanidine groups is 1. The Balaban J connectivity index is 0.00000338. The third-order valence-electron chi connectivity index (χ3n) is 5.14. The first-order chi connectivity index (χ1) is 12.0. The van der Waals surface area contributed by atoms with Gasteiger partial charge in [0, 0.05) is 25.0 Å². The predicted molar refractivity (Wildman–Crippen MR) is 124 cm³/mol. The zero-order valence-electron chi connectivity index (χ0n) is 16.9. The van der Waals surface area contributed by atoms with Crippen LogP contribution < -0.4 is 10.6 Å². The zero-order chi connectivity index (χ0) is 18.1. The third-order valence-corrected chi connectivity index (χ3v) is 5.14. The summed E-state index contributed by atoms with van der Waals surface area (Å²) in [4.78, 5) is 7.42. The molecule has 5 heteroatoms. The molecule has 1 aromatic carbocycles. The van der Waals surface area contributed by atoms with E-state index < -0.39 is 0 Å². The summed E-state index contributed by atoms with van der Waals surface area (Å²) in [6.07, 6.45) is 2.63. The standard InChI is InChI=1S/C21H36N4.HI/c1-5-22-20(23-15-18-11-10-14-25(6-2)16-18)24-17-21(3,4)19-12-8-7-9-13-19;/h7-9,12-13,18H,5-6,10-11,14-17H2,1-4H3,(H2,22,23,24);1H. The molecule has 1 saturated heterocycles. The maximum Gasteiger partial charge on any atom is 0.191 e. The molecule has 0 amide bonds. The molecule has 2 N–H and O–H groups in total. The van der Waals surface area contributed by atoms with Crippen LogP contribution >= 0.6 is 24.0 Å². The maximum absolute atomic E-state index is 4.87. The van der Waals surface area contributed by atoms with E-state index in [0.29, 0.717) is 0 Å². The maximum atomic E-state index is 4.87. The lowest BCUT2D eigenvalue weighted by molar-refractivity contribution is 0.183. The van der Waals surface area contributed by atoms with Gasteiger partial charge < -0.3 is 15.5 Å². The highest BCUT2D eigenvalue weighted by atomic mass is 127. The van der Waals surface area contributed by atoms with Gasteiger partial charge in [0.05, 0.1) is 6.54 Å². The molecule has 0 bridgehead atoms. The normalized spacial score (nSPS) is 18.9. The van der Waals surface area contributed by atoms with Crippen LogP contribution in [0.25, 0.3) is 0 Å². The second-order valence-corrected chi connectivity index (χ2v) is 7.73. The summed E-state index contributed by atoms with van der Waals surface area (Å²) >= 11 is 0. The van der Waals surface area contributed by atoms with Crippen LogP contribution in [0, 0.1) is 5.92 Å². The van der Waals surface area contributed by atoms with Gasteiger partial charge in [-0.25, -0.2) is 0 Å². The molecule has 0 aliphatic carbocycles. The lowest BCUT2D eigenvalue weighted by Gasteiger charge is -2.32. The number of nitrogens with zero attached hydrogens (tertiary/aromatic N) is 2. The molecule has 26 heavy (non-hydrogen) atoms. The fourth-order valence-electron chi connectivity index (χ4n) is 3.45. The Bertz CT molecular complexity index is 530. The number of nitrogens with one attached hydrogen (secondary N) is 2. The largest absolute Gasteiger partial charge is 0.357 e. The summed E-state index contributed by atoms with van der Waals surface area (Å²) in [5.74, 6) is 1.67. The van der Waals surface area contributed by atoms with E-state index in [4.69, 9.17) is 4.99 Å². The van der Waals surface area contributed by atoms with Gasteiger partial charge >= 0.3 is 0 Å². The van der Waals surface area contributed by atoms with Crippen LogP contribution in [0.1, 0.15) is 46.1 Å². The fraction of sp³-hybridized carbons (Fsp3) is 0.667. The van der Waals surface area contributed by atoms with Crippen molar-refractivity contribution in [2.45, 2.75) is 46.0 Å². The third kappa shape index (κ3) is 7.43. The molecule has 1 unspecified atom stereocenters. The summed E-state index contributed by atoms with van der Waals surface area (Å²) < 4.78 is 0. The Morgan fingerprint density at radius 2 is 1.92 bits per heavy atom. The molecule has 0 spiro atoms. The average Bonchev–Trinajstić information content (AvgIpc) is 2.65. The van der Waals surface area contributed by atoms with Crippen molar-refractivity contribution in [3.8, 4) is 0 Å². The lowest BCUT2D eigenvalue weighted by atomic mass is 9.85. The zero-order valence-corrected chi connectivity index (χ0v) is 19.3. The van der Waals surface area contributed by atoms with Crippen molar-refractivity contribution in [1.82, 2.24) is 15.5 Å². The quantitative estimate of drug-likeness (QED) is 0.360. The number of likely N-dealkylation sites (tertiary alicyclic amines) is 1. The number of aliphatic imine (C=N–C) groups is 1. The molecule has 1 aliphatic heterocycles. The van der Waals surface area contributed by atoms with E-state index >= 15 is 0 Å². The summed E-state index contributed by atoms with van der Waals surface area (Å²) in [5.41, 5.74) is 1.37. The summed E-state index contributed by atoms with van der Waals surface area (Å²) in [7, 11) is 0. The number of halogens is 1. The molecule has 0 radical (unpaired) electrons. The van der Waals surface area contributed by atoms with Gasteiger partial charge in [-0.2, -0.15) is 0 Å². The second kappa shape index (κ2) is 11.8. The van der Waals surface area contributed by atoms with E-state index in [1.165, 1.54) is 31.5 Å². The molecule has 0 aromatic heterocycles. The molecule has 1 fully saturated rings. The number of hydrogen-bond acceptors (Lipinski definition) is 2. The van der Waals surface area contributed by atoms with Crippen molar-refractivity contribution in [3.63, 3.8) is 0 Å². The highest BCUT2D eigenvalue weighted by Gasteiger charge is 2.21. The molecule has 2 rings (SSSR count). The van der Waals surface area contributed by atoms with Crippen LogP contribution in [0.15, 0.2) is 35.3 Å². The molecule has 4 nitrogen and oxygen atoms in total. The van der Waals surface area contributed by atoms with Crippen LogP contribution in [-0.4, -0.2) is 50.1 Å². The first-order valence-corrected chi connectivity index (χ1v) is 9.85. The van der Waals surface area contributed by atoms with Crippen molar-refractivity contribution >= 4 is 29.9 Å². The Labute approximate surface area is 177 Å². The van der Waals surface area contributed by atoms with Crippen molar-refractivity contribution < 1.29 is 0 Å². The lowest BCUT2D eigenvalue weighted by Crippen LogP contribution is -2.44. The van der Waals surface area contributed by atoms with Gasteiger partial charge in [0.15, 0.2) is 5.96 Å². The number of piperidine rings is 1. The molecule has 1 atom stereocenters. The Kier molecular flexibility index (Phi) is 10.5. The fourth-order valence-corrected chi connectivity index (χ4v) is 3.45. The Hall–Kier alpha value is -0.820. The van der Waals surface area contributed by atoms with Crippen LogP contribution in [0.4, 0.5) is 0 Å². The minimum Gasteiger partial charge on any atom is -0.357 e. The van der Waals surface area contributed by atoms with E-state index in [-0.39, 0.29) is 29.4 Å².